The maximum Gasteiger partial charge on any atom is 0.320 e. The zero-order valence-electron chi connectivity index (χ0n) is 27.9. The summed E-state index contributed by atoms with van der Waals surface area (Å²) in [5.41, 5.74) is 17.5. The number of rotatable bonds is 19. The maximum absolute atomic E-state index is 11.5. The molecule has 3 rings (SSSR count). The summed E-state index contributed by atoms with van der Waals surface area (Å²) in [5, 5.41) is 111. The SMILES string of the molecule is N[C@@H](CCc1c[n+](C[C@H](CC[C@H](N)C(=O)O)O[C@@H]2O[C@H](CO)[C@H](O)[C@H](O)[C@H]2O[C@H]2O[C@H](CO)[C@@H](O)[C@H](O)[C@H]2O)cc(O)c1C[C@H](N)C(=O)O)C(=O)O. The first-order valence-corrected chi connectivity index (χ1v) is 16.3. The topological polar surface area (TPSA) is 393 Å². The van der Waals surface area contributed by atoms with Crippen LogP contribution >= 0.6 is 0 Å². The van der Waals surface area contributed by atoms with Crippen molar-refractivity contribution in [1.29, 1.82) is 0 Å². The smallest absolute Gasteiger partial charge is 0.320 e. The summed E-state index contributed by atoms with van der Waals surface area (Å²) < 4.78 is 24.3. The molecule has 2 fully saturated rings. The van der Waals surface area contributed by atoms with E-state index >= 15 is 0 Å². The van der Waals surface area contributed by atoms with Gasteiger partial charge in [-0.05, 0) is 25.7 Å². The molecule has 22 heteroatoms. The lowest BCUT2D eigenvalue weighted by Crippen LogP contribution is -2.65. The van der Waals surface area contributed by atoms with Gasteiger partial charge in [-0.25, -0.2) is 0 Å². The van der Waals surface area contributed by atoms with Crippen molar-refractivity contribution in [3.63, 3.8) is 0 Å². The highest BCUT2D eigenvalue weighted by atomic mass is 16.8. The number of aromatic hydroxyl groups is 1. The Hall–Kier alpha value is -3.20. The molecule has 0 unspecified atom stereocenters. The molecular formula is C30H49N4O18+. The Kier molecular flexibility index (Phi) is 16.0. The number of aromatic nitrogens is 1. The molecule has 1 aromatic heterocycles. The third-order valence-corrected chi connectivity index (χ3v) is 8.91. The predicted octanol–water partition coefficient (Wildman–Crippen LogP) is -6.82. The van der Waals surface area contributed by atoms with E-state index < -0.39 is 123 Å². The number of carbonyl (C=O) groups is 3. The number of carboxylic acid groups (broad SMARTS) is 3. The summed E-state index contributed by atoms with van der Waals surface area (Å²) in [7, 11) is 0. The normalized spacial score (nSPS) is 31.7. The number of carboxylic acids is 3. The molecule has 2 aliphatic heterocycles. The second kappa shape index (κ2) is 19.2. The Labute approximate surface area is 296 Å². The quantitative estimate of drug-likeness (QED) is 0.0584. The highest BCUT2D eigenvalue weighted by Gasteiger charge is 2.51. The van der Waals surface area contributed by atoms with Gasteiger partial charge in [-0.3, -0.25) is 14.4 Å². The van der Waals surface area contributed by atoms with Crippen LogP contribution in [-0.4, -0.2) is 173 Å². The molecule has 0 radical (unpaired) electrons. The third-order valence-electron chi connectivity index (χ3n) is 8.91. The van der Waals surface area contributed by atoms with Gasteiger partial charge in [0.15, 0.2) is 31.1 Å². The molecule has 0 bridgehead atoms. The Morgan fingerprint density at radius 1 is 0.731 bits per heavy atom. The van der Waals surface area contributed by atoms with Crippen molar-refractivity contribution in [3.8, 4) is 5.75 Å². The first-order chi connectivity index (χ1) is 24.4. The standard InChI is InChI=1S/C30H48N4O18/c31-14(26(43)44)3-1-11-6-34(8-17(37)13(11)5-16(33)28(47)48)7-12(2-4-15(32)27(45)46)49-30-25(23(41)21(39)19(10-36)51-30)52-29-24(42)22(40)20(38)18(9-35)50-29/h6,8,12,14-16,18-25,29-30,35-36,38-42H,1-5,7,9-10,31-33H2,(H3-,37,43,44,45,46,47,48)/p+1/t12-,14-,15-,16-,18+,19+,20+,21-,22-,23-,24+,25+,29+,30+/m0/s1. The molecule has 3 heterocycles. The monoisotopic (exact) mass is 753 g/mol. The van der Waals surface area contributed by atoms with Gasteiger partial charge < -0.3 is 92.3 Å². The number of pyridine rings is 1. The summed E-state index contributed by atoms with van der Waals surface area (Å²) in [6.45, 7) is -1.90. The maximum atomic E-state index is 11.5. The van der Waals surface area contributed by atoms with E-state index in [2.05, 4.69) is 0 Å². The van der Waals surface area contributed by atoms with Crippen LogP contribution in [0.4, 0.5) is 0 Å². The Morgan fingerprint density at radius 3 is 1.83 bits per heavy atom. The van der Waals surface area contributed by atoms with Crippen molar-refractivity contribution >= 4 is 17.9 Å². The molecule has 0 spiro atoms. The Bertz CT molecular complexity index is 1360. The van der Waals surface area contributed by atoms with E-state index in [1.165, 1.54) is 17.0 Å². The summed E-state index contributed by atoms with van der Waals surface area (Å²) in [5.74, 6) is -4.46. The molecular weight excluding hydrogens is 704 g/mol. The van der Waals surface area contributed by atoms with E-state index in [1.54, 1.807) is 0 Å². The van der Waals surface area contributed by atoms with E-state index in [0.29, 0.717) is 0 Å². The molecule has 0 aliphatic carbocycles. The molecule has 296 valence electrons. The fraction of sp³-hybridized carbons (Fsp3) is 0.733. The van der Waals surface area contributed by atoms with Crippen molar-refractivity contribution in [1.82, 2.24) is 0 Å². The summed E-state index contributed by atoms with van der Waals surface area (Å²) in [4.78, 5) is 34.4. The van der Waals surface area contributed by atoms with Gasteiger partial charge in [-0.1, -0.05) is 0 Å². The van der Waals surface area contributed by atoms with Crippen LogP contribution in [0.2, 0.25) is 0 Å². The molecule has 2 saturated heterocycles. The molecule has 2 aliphatic rings. The van der Waals surface area contributed by atoms with Crippen molar-refractivity contribution in [3.05, 3.63) is 23.5 Å². The van der Waals surface area contributed by atoms with E-state index in [0.717, 1.165) is 0 Å². The van der Waals surface area contributed by atoms with Gasteiger partial charge in [0.05, 0.1) is 13.2 Å². The molecule has 17 N–H and O–H groups in total. The first kappa shape index (κ1) is 43.2. The minimum absolute atomic E-state index is 0.0536. The highest BCUT2D eigenvalue weighted by molar-refractivity contribution is 5.74. The molecule has 14 atom stereocenters. The zero-order chi connectivity index (χ0) is 39.0. The predicted molar refractivity (Wildman–Crippen MR) is 168 cm³/mol. The van der Waals surface area contributed by atoms with Crippen LogP contribution in [0.25, 0.3) is 0 Å². The van der Waals surface area contributed by atoms with Crippen LogP contribution in [-0.2, 0) is 52.7 Å². The molecule has 22 nitrogen and oxygen atoms in total. The van der Waals surface area contributed by atoms with Gasteiger partial charge in [-0.2, -0.15) is 4.57 Å². The van der Waals surface area contributed by atoms with Gasteiger partial charge in [-0.15, -0.1) is 0 Å². The lowest BCUT2D eigenvalue weighted by Gasteiger charge is -2.46. The number of nitrogens with two attached hydrogens (primary N) is 3. The largest absolute Gasteiger partial charge is 0.503 e. The second-order valence-electron chi connectivity index (χ2n) is 12.8. The van der Waals surface area contributed by atoms with Crippen LogP contribution in [0, 0.1) is 0 Å². The lowest BCUT2D eigenvalue weighted by atomic mass is 9.96. The summed E-state index contributed by atoms with van der Waals surface area (Å²) >= 11 is 0. The number of aliphatic hydroxyl groups is 7. The van der Waals surface area contributed by atoms with Crippen molar-refractivity contribution in [2.24, 2.45) is 17.2 Å². The van der Waals surface area contributed by atoms with Gasteiger partial charge in [0.2, 0.25) is 6.20 Å². The van der Waals surface area contributed by atoms with Gasteiger partial charge >= 0.3 is 17.9 Å². The average Bonchev–Trinajstić information content (AvgIpc) is 3.09. The van der Waals surface area contributed by atoms with E-state index in [-0.39, 0.29) is 49.8 Å². The van der Waals surface area contributed by atoms with Gasteiger partial charge in [0, 0.05) is 17.5 Å². The summed E-state index contributed by atoms with van der Waals surface area (Å²) in [6.07, 6.45) is -16.9. The van der Waals surface area contributed by atoms with Crippen molar-refractivity contribution < 1.29 is 94.1 Å². The van der Waals surface area contributed by atoms with Gasteiger partial charge in [0.25, 0.3) is 0 Å². The number of hydrogen-bond donors (Lipinski definition) is 14. The van der Waals surface area contributed by atoms with Crippen LogP contribution in [0.5, 0.6) is 5.75 Å². The van der Waals surface area contributed by atoms with Gasteiger partial charge in [0.1, 0.15) is 73.1 Å². The number of aryl methyl sites for hydroxylation is 1. The first-order valence-electron chi connectivity index (χ1n) is 16.3. The summed E-state index contributed by atoms with van der Waals surface area (Å²) in [6, 6.07) is -4.13. The fourth-order valence-electron chi connectivity index (χ4n) is 5.77. The van der Waals surface area contributed by atoms with E-state index in [4.69, 9.17) is 36.1 Å². The fourth-order valence-corrected chi connectivity index (χ4v) is 5.77. The highest BCUT2D eigenvalue weighted by Crippen LogP contribution is 2.31. The van der Waals surface area contributed by atoms with Crippen LogP contribution in [0.1, 0.15) is 30.4 Å². The third kappa shape index (κ3) is 10.9. The Balaban J connectivity index is 1.99. The second-order valence-corrected chi connectivity index (χ2v) is 12.8. The van der Waals surface area contributed by atoms with Crippen LogP contribution in [0.15, 0.2) is 12.4 Å². The average molecular weight is 754 g/mol. The van der Waals surface area contributed by atoms with Crippen molar-refractivity contribution in [2.45, 2.75) is 124 Å². The van der Waals surface area contributed by atoms with Crippen molar-refractivity contribution in [2.75, 3.05) is 13.2 Å². The van der Waals surface area contributed by atoms with E-state index in [9.17, 15) is 70.6 Å². The molecule has 52 heavy (non-hydrogen) atoms. The minimum Gasteiger partial charge on any atom is -0.503 e. The van der Waals surface area contributed by atoms with Crippen LogP contribution in [0.3, 0.4) is 0 Å². The number of aliphatic hydroxyl groups excluding tert-OH is 7. The minimum atomic E-state index is -1.94. The number of hydrogen-bond acceptors (Lipinski definition) is 18. The number of aliphatic carboxylic acids is 3. The molecule has 0 aromatic carbocycles. The molecule has 0 saturated carbocycles. The molecule has 1 aromatic rings. The number of ether oxygens (including phenoxy) is 4. The van der Waals surface area contributed by atoms with Crippen LogP contribution < -0.4 is 21.8 Å². The number of nitrogens with zero attached hydrogens (tertiary/aromatic N) is 1. The van der Waals surface area contributed by atoms with E-state index in [1.807, 2.05) is 0 Å². The lowest BCUT2D eigenvalue weighted by molar-refractivity contribution is -0.706. The Morgan fingerprint density at radius 2 is 1.27 bits per heavy atom. The zero-order valence-corrected chi connectivity index (χ0v) is 27.9. The molecule has 0 amide bonds.